The molecule has 0 aromatic rings. The molecule has 0 aliphatic heterocycles. The number of rotatable bonds is 3. The number of thioether (sulfide) groups is 1. The van der Waals surface area contributed by atoms with Gasteiger partial charge < -0.3 is 5.32 Å². The fourth-order valence-electron chi connectivity index (χ4n) is 1.11. The Morgan fingerprint density at radius 1 is 1.20 bits per heavy atom. The van der Waals surface area contributed by atoms with Crippen molar-refractivity contribution >= 4 is 17.7 Å². The summed E-state index contributed by atoms with van der Waals surface area (Å²) < 4.78 is 0.124. The molecular formula is C12H23NOS. The first-order valence-electron chi connectivity index (χ1n) is 5.17. The number of amides is 1. The van der Waals surface area contributed by atoms with Crippen molar-refractivity contribution in [2.45, 2.75) is 58.2 Å². The largest absolute Gasteiger partial charge is 0.351 e. The molecule has 0 saturated heterocycles. The summed E-state index contributed by atoms with van der Waals surface area (Å²) >= 11 is 1.66. The van der Waals surface area contributed by atoms with E-state index in [0.29, 0.717) is 6.42 Å². The van der Waals surface area contributed by atoms with Gasteiger partial charge in [-0.2, -0.15) is 0 Å². The molecule has 0 fully saturated rings. The monoisotopic (exact) mass is 229 g/mol. The van der Waals surface area contributed by atoms with Crippen molar-refractivity contribution in [3.05, 3.63) is 11.5 Å². The van der Waals surface area contributed by atoms with Gasteiger partial charge in [-0.25, -0.2) is 0 Å². The summed E-state index contributed by atoms with van der Waals surface area (Å²) in [5.41, 5.74) is -0.163. The van der Waals surface area contributed by atoms with Crippen LogP contribution in [0.4, 0.5) is 0 Å². The number of carbonyl (C=O) groups is 1. The fraction of sp³-hybridized carbons (Fsp3) is 0.750. The molecule has 0 aliphatic rings. The number of hydrogen-bond acceptors (Lipinski definition) is 2. The number of hydrogen-bond donors (Lipinski definition) is 1. The van der Waals surface area contributed by atoms with Crippen LogP contribution in [-0.4, -0.2) is 16.2 Å². The van der Waals surface area contributed by atoms with E-state index in [4.69, 9.17) is 0 Å². The van der Waals surface area contributed by atoms with Gasteiger partial charge in [-0.3, -0.25) is 4.79 Å². The first-order valence-corrected chi connectivity index (χ1v) is 5.99. The average molecular weight is 229 g/mol. The minimum Gasteiger partial charge on any atom is -0.351 e. The van der Waals surface area contributed by atoms with Gasteiger partial charge in [-0.05, 0) is 25.7 Å². The van der Waals surface area contributed by atoms with E-state index in [9.17, 15) is 4.79 Å². The van der Waals surface area contributed by atoms with Crippen molar-refractivity contribution < 1.29 is 4.79 Å². The maximum atomic E-state index is 11.6. The molecule has 1 N–H and O–H groups in total. The molecule has 0 radical (unpaired) electrons. The van der Waals surface area contributed by atoms with Crippen LogP contribution in [0.1, 0.15) is 48.0 Å². The molecule has 0 spiro atoms. The molecule has 3 heteroatoms. The summed E-state index contributed by atoms with van der Waals surface area (Å²) in [5.74, 6) is 0.0456. The summed E-state index contributed by atoms with van der Waals surface area (Å²) in [5, 5.41) is 2.92. The van der Waals surface area contributed by atoms with E-state index in [1.54, 1.807) is 11.8 Å². The van der Waals surface area contributed by atoms with Crippen LogP contribution >= 0.6 is 11.8 Å². The van der Waals surface area contributed by atoms with Crippen molar-refractivity contribution in [3.63, 3.8) is 0 Å². The zero-order chi connectivity index (χ0) is 12.3. The molecule has 2 nitrogen and oxygen atoms in total. The van der Waals surface area contributed by atoms with Gasteiger partial charge in [0.15, 0.2) is 0 Å². The molecule has 0 aromatic carbocycles. The third-order valence-corrected chi connectivity index (χ3v) is 2.37. The Kier molecular flexibility index (Phi) is 4.91. The Morgan fingerprint density at radius 3 is 2.00 bits per heavy atom. The van der Waals surface area contributed by atoms with E-state index in [1.165, 1.54) is 0 Å². The van der Waals surface area contributed by atoms with Crippen LogP contribution in [0, 0.1) is 0 Å². The molecule has 0 unspecified atom stereocenters. The summed E-state index contributed by atoms with van der Waals surface area (Å²) in [4.78, 5) is 12.5. The molecule has 0 saturated carbocycles. The Hall–Kier alpha value is -0.440. The van der Waals surface area contributed by atoms with E-state index >= 15 is 0 Å². The quantitative estimate of drug-likeness (QED) is 0.804. The zero-order valence-electron chi connectivity index (χ0n) is 10.7. The van der Waals surface area contributed by atoms with E-state index < -0.39 is 0 Å². The highest BCUT2D eigenvalue weighted by molar-refractivity contribution is 8.04. The van der Waals surface area contributed by atoms with E-state index in [1.807, 2.05) is 20.8 Å². The van der Waals surface area contributed by atoms with Crippen LogP contribution in [0.5, 0.6) is 0 Å². The molecule has 15 heavy (non-hydrogen) atoms. The zero-order valence-corrected chi connectivity index (χ0v) is 11.5. The van der Waals surface area contributed by atoms with E-state index in [2.05, 4.69) is 32.7 Å². The molecule has 0 bridgehead atoms. The highest BCUT2D eigenvalue weighted by atomic mass is 32.2. The van der Waals surface area contributed by atoms with Gasteiger partial charge in [0.05, 0.1) is 6.42 Å². The highest BCUT2D eigenvalue weighted by Gasteiger charge is 2.17. The van der Waals surface area contributed by atoms with Crippen molar-refractivity contribution in [3.8, 4) is 0 Å². The minimum atomic E-state index is -0.163. The summed E-state index contributed by atoms with van der Waals surface area (Å²) in [6.07, 6.45) is 0.402. The second-order valence-electron chi connectivity index (χ2n) is 5.73. The normalized spacial score (nSPS) is 12.4. The van der Waals surface area contributed by atoms with Crippen LogP contribution in [-0.2, 0) is 4.79 Å². The van der Waals surface area contributed by atoms with Crippen molar-refractivity contribution in [1.29, 1.82) is 0 Å². The number of nitrogens with one attached hydrogen (secondary N) is 1. The lowest BCUT2D eigenvalue weighted by Gasteiger charge is -2.22. The highest BCUT2D eigenvalue weighted by Crippen LogP contribution is 2.31. The first-order chi connectivity index (χ1) is 6.49. The summed E-state index contributed by atoms with van der Waals surface area (Å²) in [6, 6.07) is 0. The van der Waals surface area contributed by atoms with Crippen LogP contribution in [0.2, 0.25) is 0 Å². The fourth-order valence-corrected chi connectivity index (χ4v) is 2.18. The van der Waals surface area contributed by atoms with Gasteiger partial charge in [-0.1, -0.05) is 27.4 Å². The van der Waals surface area contributed by atoms with Gasteiger partial charge >= 0.3 is 0 Å². The third-order valence-electron chi connectivity index (χ3n) is 1.32. The second kappa shape index (κ2) is 5.06. The summed E-state index contributed by atoms with van der Waals surface area (Å²) in [7, 11) is 0. The van der Waals surface area contributed by atoms with E-state index in [0.717, 1.165) is 4.91 Å². The van der Waals surface area contributed by atoms with Crippen molar-refractivity contribution in [1.82, 2.24) is 5.32 Å². The van der Waals surface area contributed by atoms with Crippen molar-refractivity contribution in [2.75, 3.05) is 0 Å². The lowest BCUT2D eigenvalue weighted by molar-refractivity contribution is -0.121. The number of carbonyl (C=O) groups excluding carboxylic acids is 1. The van der Waals surface area contributed by atoms with Crippen LogP contribution < -0.4 is 5.32 Å². The van der Waals surface area contributed by atoms with Crippen molar-refractivity contribution in [2.24, 2.45) is 0 Å². The Bertz CT molecular complexity index is 219. The molecule has 0 atom stereocenters. The Balaban J connectivity index is 4.04. The van der Waals surface area contributed by atoms with Gasteiger partial charge in [0, 0.05) is 10.3 Å². The van der Waals surface area contributed by atoms with Gasteiger partial charge in [0.25, 0.3) is 0 Å². The third kappa shape index (κ3) is 9.85. The van der Waals surface area contributed by atoms with Crippen LogP contribution in [0.25, 0.3) is 0 Å². The average Bonchev–Trinajstić information content (AvgIpc) is 1.73. The molecule has 1 amide bonds. The van der Waals surface area contributed by atoms with Crippen LogP contribution in [0.3, 0.4) is 0 Å². The van der Waals surface area contributed by atoms with Gasteiger partial charge in [-0.15, -0.1) is 11.8 Å². The lowest BCUT2D eigenvalue weighted by Crippen LogP contribution is -2.40. The minimum absolute atomic E-state index is 0.0456. The molecule has 88 valence electrons. The van der Waals surface area contributed by atoms with E-state index in [-0.39, 0.29) is 16.2 Å². The summed E-state index contributed by atoms with van der Waals surface area (Å²) in [6.45, 7) is 16.2. The SMILES string of the molecule is C=C(CC(=O)NC(C)(C)C)SC(C)(C)C. The predicted molar refractivity (Wildman–Crippen MR) is 69.0 cm³/mol. The van der Waals surface area contributed by atoms with Gasteiger partial charge in [0.2, 0.25) is 5.91 Å². The Morgan fingerprint density at radius 2 is 1.67 bits per heavy atom. The molecular weight excluding hydrogens is 206 g/mol. The standard InChI is InChI=1S/C12H23NOS/c1-9(15-12(5,6)7)8-10(14)13-11(2,3)4/h1,8H2,2-7H3,(H,13,14). The Labute approximate surface area is 97.9 Å². The molecule has 0 heterocycles. The maximum Gasteiger partial charge on any atom is 0.225 e. The maximum absolute atomic E-state index is 11.6. The molecule has 0 aromatic heterocycles. The lowest BCUT2D eigenvalue weighted by atomic mass is 10.1. The van der Waals surface area contributed by atoms with Gasteiger partial charge in [0.1, 0.15) is 0 Å². The topological polar surface area (TPSA) is 29.1 Å². The second-order valence-corrected chi connectivity index (χ2v) is 7.73. The first kappa shape index (κ1) is 14.6. The van der Waals surface area contributed by atoms with Crippen LogP contribution in [0.15, 0.2) is 11.5 Å². The molecule has 0 rings (SSSR count). The predicted octanol–water partition coefficient (Wildman–Crippen LogP) is 3.34. The molecule has 0 aliphatic carbocycles. The smallest absolute Gasteiger partial charge is 0.225 e.